The maximum atomic E-state index is 11.5. The maximum Gasteiger partial charge on any atom is 0.240 e. The zero-order chi connectivity index (χ0) is 9.42. The van der Waals surface area contributed by atoms with Crippen molar-refractivity contribution in [2.45, 2.75) is 32.7 Å². The van der Waals surface area contributed by atoms with Gasteiger partial charge in [0.15, 0.2) is 0 Å². The molecule has 2 fully saturated rings. The molecule has 0 aromatic carbocycles. The van der Waals surface area contributed by atoms with Gasteiger partial charge >= 0.3 is 0 Å². The molecular weight excluding hydrogens is 164 g/mol. The minimum atomic E-state index is 0.0337. The average molecular weight is 182 g/mol. The summed E-state index contributed by atoms with van der Waals surface area (Å²) in [6.45, 7) is 5.88. The molecule has 0 aromatic heterocycles. The Morgan fingerprint density at radius 3 is 2.77 bits per heavy atom. The van der Waals surface area contributed by atoms with Gasteiger partial charge in [-0.15, -0.1) is 0 Å². The van der Waals surface area contributed by atoms with E-state index in [2.05, 4.69) is 12.2 Å². The molecule has 13 heavy (non-hydrogen) atoms. The first-order chi connectivity index (χ1) is 6.18. The van der Waals surface area contributed by atoms with Gasteiger partial charge in [0.1, 0.15) is 0 Å². The van der Waals surface area contributed by atoms with Crippen LogP contribution in [-0.2, 0) is 4.79 Å². The normalized spacial score (nSPS) is 31.1. The van der Waals surface area contributed by atoms with Gasteiger partial charge in [0.25, 0.3) is 0 Å². The molecule has 1 aliphatic carbocycles. The molecule has 1 aliphatic heterocycles. The number of hydrogen-bond acceptors (Lipinski definition) is 2. The first-order valence-corrected chi connectivity index (χ1v) is 5.20. The lowest BCUT2D eigenvalue weighted by Gasteiger charge is -2.19. The van der Waals surface area contributed by atoms with E-state index in [0.717, 1.165) is 19.1 Å². The third-order valence-corrected chi connectivity index (χ3v) is 3.21. The van der Waals surface area contributed by atoms with Crippen molar-refractivity contribution in [3.8, 4) is 0 Å². The van der Waals surface area contributed by atoms with Crippen LogP contribution in [0, 0.1) is 11.8 Å². The van der Waals surface area contributed by atoms with E-state index >= 15 is 0 Å². The summed E-state index contributed by atoms with van der Waals surface area (Å²) in [6.07, 6.45) is 2.73. The van der Waals surface area contributed by atoms with Gasteiger partial charge in [-0.3, -0.25) is 10.1 Å². The van der Waals surface area contributed by atoms with Gasteiger partial charge in [-0.2, -0.15) is 0 Å². The Kier molecular flexibility index (Phi) is 2.28. The summed E-state index contributed by atoms with van der Waals surface area (Å²) >= 11 is 0. The van der Waals surface area contributed by atoms with Crippen LogP contribution in [0.15, 0.2) is 0 Å². The number of rotatable bonds is 3. The van der Waals surface area contributed by atoms with Crippen LogP contribution in [0.1, 0.15) is 26.7 Å². The third-order valence-electron chi connectivity index (χ3n) is 3.21. The fourth-order valence-corrected chi connectivity index (χ4v) is 2.00. The Morgan fingerprint density at radius 1 is 1.62 bits per heavy atom. The number of carbonyl (C=O) groups is 1. The predicted molar refractivity (Wildman–Crippen MR) is 51.1 cm³/mol. The van der Waals surface area contributed by atoms with Crippen molar-refractivity contribution in [2.75, 3.05) is 13.2 Å². The van der Waals surface area contributed by atoms with Crippen molar-refractivity contribution in [3.63, 3.8) is 0 Å². The Hall–Kier alpha value is -0.570. The zero-order valence-corrected chi connectivity index (χ0v) is 8.42. The smallest absolute Gasteiger partial charge is 0.240 e. The van der Waals surface area contributed by atoms with Crippen LogP contribution in [0.4, 0.5) is 0 Å². The molecule has 2 unspecified atom stereocenters. The summed E-state index contributed by atoms with van der Waals surface area (Å²) in [6, 6.07) is 0.0337. The lowest BCUT2D eigenvalue weighted by Crippen LogP contribution is -2.32. The molecule has 2 rings (SSSR count). The summed E-state index contributed by atoms with van der Waals surface area (Å²) in [7, 11) is 0. The highest BCUT2D eigenvalue weighted by atomic mass is 16.2. The van der Waals surface area contributed by atoms with E-state index in [4.69, 9.17) is 0 Å². The molecule has 0 bridgehead atoms. The number of carbonyl (C=O) groups excluding carboxylic acids is 1. The number of nitrogens with one attached hydrogen (secondary N) is 1. The summed E-state index contributed by atoms with van der Waals surface area (Å²) in [5, 5.41) is 3.16. The number of nitrogens with zero attached hydrogens (tertiary/aromatic N) is 1. The molecule has 1 heterocycles. The molecule has 3 nitrogen and oxygen atoms in total. The van der Waals surface area contributed by atoms with Crippen LogP contribution in [0.3, 0.4) is 0 Å². The van der Waals surface area contributed by atoms with Crippen LogP contribution < -0.4 is 5.32 Å². The number of hydrogen-bond donors (Lipinski definition) is 1. The van der Waals surface area contributed by atoms with E-state index in [1.165, 1.54) is 12.8 Å². The van der Waals surface area contributed by atoms with Crippen molar-refractivity contribution in [1.29, 1.82) is 0 Å². The molecule has 1 N–H and O–H groups in total. The van der Waals surface area contributed by atoms with Gasteiger partial charge in [0, 0.05) is 6.54 Å². The van der Waals surface area contributed by atoms with Crippen LogP contribution in [0.25, 0.3) is 0 Å². The van der Waals surface area contributed by atoms with Crippen molar-refractivity contribution < 1.29 is 4.79 Å². The first-order valence-electron chi connectivity index (χ1n) is 5.20. The Labute approximate surface area is 79.5 Å². The van der Waals surface area contributed by atoms with E-state index < -0.39 is 0 Å². The molecular formula is C10H18N2O. The van der Waals surface area contributed by atoms with E-state index in [1.807, 2.05) is 11.8 Å². The van der Waals surface area contributed by atoms with Crippen molar-refractivity contribution >= 4 is 5.91 Å². The van der Waals surface area contributed by atoms with E-state index in [0.29, 0.717) is 5.92 Å². The Morgan fingerprint density at radius 2 is 2.31 bits per heavy atom. The molecule has 1 saturated carbocycles. The van der Waals surface area contributed by atoms with Gasteiger partial charge in [0.05, 0.1) is 12.7 Å². The molecule has 1 amide bonds. The summed E-state index contributed by atoms with van der Waals surface area (Å²) in [4.78, 5) is 13.5. The highest BCUT2D eigenvalue weighted by molar-refractivity contribution is 5.83. The fraction of sp³-hybridized carbons (Fsp3) is 0.900. The first kappa shape index (κ1) is 9.00. The monoisotopic (exact) mass is 182 g/mol. The van der Waals surface area contributed by atoms with E-state index in [9.17, 15) is 4.79 Å². The highest BCUT2D eigenvalue weighted by Gasteiger charge is 2.33. The van der Waals surface area contributed by atoms with Gasteiger partial charge in [-0.1, -0.05) is 6.92 Å². The predicted octanol–water partition coefficient (Wildman–Crippen LogP) is 0.810. The maximum absolute atomic E-state index is 11.5. The minimum Gasteiger partial charge on any atom is -0.328 e. The summed E-state index contributed by atoms with van der Waals surface area (Å²) in [5.41, 5.74) is 0. The second-order valence-corrected chi connectivity index (χ2v) is 4.46. The van der Waals surface area contributed by atoms with Crippen molar-refractivity contribution in [2.24, 2.45) is 11.8 Å². The van der Waals surface area contributed by atoms with Crippen molar-refractivity contribution in [3.05, 3.63) is 0 Å². The number of amides is 1. The second-order valence-electron chi connectivity index (χ2n) is 4.46. The topological polar surface area (TPSA) is 32.3 Å². The average Bonchev–Trinajstić information content (AvgIpc) is 2.89. The fourth-order valence-electron chi connectivity index (χ4n) is 2.00. The SMILES string of the molecule is CC1NCN(CC(C)C2CC2)C1=O. The highest BCUT2D eigenvalue weighted by Crippen LogP contribution is 2.36. The molecule has 3 heteroatoms. The lowest BCUT2D eigenvalue weighted by molar-refractivity contribution is -0.129. The van der Waals surface area contributed by atoms with Crippen LogP contribution in [0.2, 0.25) is 0 Å². The second kappa shape index (κ2) is 3.29. The minimum absolute atomic E-state index is 0.0337. The molecule has 74 valence electrons. The Bertz CT molecular complexity index is 213. The van der Waals surface area contributed by atoms with Crippen molar-refractivity contribution in [1.82, 2.24) is 10.2 Å². The lowest BCUT2D eigenvalue weighted by atomic mass is 10.1. The summed E-state index contributed by atoms with van der Waals surface area (Å²) in [5.74, 6) is 1.85. The Balaban J connectivity index is 1.84. The molecule has 0 aromatic rings. The molecule has 2 aliphatic rings. The van der Waals surface area contributed by atoms with Gasteiger partial charge in [-0.25, -0.2) is 0 Å². The largest absolute Gasteiger partial charge is 0.328 e. The summed E-state index contributed by atoms with van der Waals surface area (Å²) < 4.78 is 0. The quantitative estimate of drug-likeness (QED) is 0.700. The zero-order valence-electron chi connectivity index (χ0n) is 8.42. The van der Waals surface area contributed by atoms with Gasteiger partial charge < -0.3 is 4.90 Å². The van der Waals surface area contributed by atoms with Crippen LogP contribution in [0.5, 0.6) is 0 Å². The van der Waals surface area contributed by atoms with Crippen LogP contribution >= 0.6 is 0 Å². The standard InChI is InChI=1S/C10H18N2O/c1-7(9-3-4-9)5-12-6-11-8(2)10(12)13/h7-9,11H,3-6H2,1-2H3. The van der Waals surface area contributed by atoms with E-state index in [-0.39, 0.29) is 11.9 Å². The van der Waals surface area contributed by atoms with Gasteiger partial charge in [-0.05, 0) is 31.6 Å². The molecule has 0 radical (unpaired) electrons. The molecule has 2 atom stereocenters. The third kappa shape index (κ3) is 1.85. The van der Waals surface area contributed by atoms with Gasteiger partial charge in [0.2, 0.25) is 5.91 Å². The van der Waals surface area contributed by atoms with E-state index in [1.54, 1.807) is 0 Å². The van der Waals surface area contributed by atoms with Crippen LogP contribution in [-0.4, -0.2) is 30.1 Å². The molecule has 1 saturated heterocycles. The molecule has 0 spiro atoms.